The molecular weight excluding hydrogens is 308 g/mol. The van der Waals surface area contributed by atoms with Crippen LogP contribution in [0.3, 0.4) is 0 Å². The van der Waals surface area contributed by atoms with Crippen LogP contribution in [0.1, 0.15) is 18.2 Å². The van der Waals surface area contributed by atoms with Crippen molar-refractivity contribution in [2.75, 3.05) is 30.8 Å². The number of nitrogens with zero attached hydrogens (tertiary/aromatic N) is 1. The molecule has 3 N–H and O–H groups in total. The SMILES string of the molecule is CCc1ccccc1NC(=O)C[NH+](C)CC(=O)Nc1cc(C)on1. The predicted octanol–water partition coefficient (Wildman–Crippen LogP) is 0.637. The lowest BCUT2D eigenvalue weighted by molar-refractivity contribution is -0.862. The molecule has 7 heteroatoms. The van der Waals surface area contributed by atoms with Crippen molar-refractivity contribution >= 4 is 23.3 Å². The Morgan fingerprint density at radius 3 is 2.46 bits per heavy atom. The van der Waals surface area contributed by atoms with Crippen molar-refractivity contribution < 1.29 is 19.0 Å². The van der Waals surface area contributed by atoms with Crippen LogP contribution < -0.4 is 15.5 Å². The Morgan fingerprint density at radius 2 is 1.83 bits per heavy atom. The van der Waals surface area contributed by atoms with E-state index in [1.165, 1.54) is 0 Å². The van der Waals surface area contributed by atoms with Crippen LogP contribution in [0.4, 0.5) is 11.5 Å². The van der Waals surface area contributed by atoms with Gasteiger partial charge in [-0.1, -0.05) is 30.3 Å². The van der Waals surface area contributed by atoms with Gasteiger partial charge >= 0.3 is 0 Å². The van der Waals surface area contributed by atoms with Crippen LogP contribution in [0.2, 0.25) is 0 Å². The van der Waals surface area contributed by atoms with Gasteiger partial charge in [0.25, 0.3) is 11.8 Å². The number of hydrogen-bond acceptors (Lipinski definition) is 4. The minimum Gasteiger partial charge on any atom is -0.360 e. The van der Waals surface area contributed by atoms with E-state index in [0.29, 0.717) is 11.6 Å². The number of aryl methyl sites for hydroxylation is 2. The molecule has 0 saturated carbocycles. The highest BCUT2D eigenvalue weighted by Gasteiger charge is 2.16. The maximum absolute atomic E-state index is 12.1. The second-order valence-electron chi connectivity index (χ2n) is 5.74. The maximum Gasteiger partial charge on any atom is 0.280 e. The molecule has 0 spiro atoms. The number of para-hydroxylation sites is 1. The van der Waals surface area contributed by atoms with E-state index in [0.717, 1.165) is 22.6 Å². The third-order valence-corrected chi connectivity index (χ3v) is 3.49. The van der Waals surface area contributed by atoms with E-state index in [1.54, 1.807) is 20.0 Å². The van der Waals surface area contributed by atoms with Crippen molar-refractivity contribution in [1.29, 1.82) is 0 Å². The van der Waals surface area contributed by atoms with Crippen molar-refractivity contribution in [3.05, 3.63) is 41.7 Å². The molecule has 1 aromatic heterocycles. The van der Waals surface area contributed by atoms with Gasteiger partial charge in [0.05, 0.1) is 7.05 Å². The van der Waals surface area contributed by atoms with Crippen LogP contribution in [0.15, 0.2) is 34.9 Å². The van der Waals surface area contributed by atoms with Gasteiger partial charge in [0.15, 0.2) is 18.9 Å². The zero-order chi connectivity index (χ0) is 17.5. The Morgan fingerprint density at radius 1 is 1.17 bits per heavy atom. The molecule has 7 nitrogen and oxygen atoms in total. The number of rotatable bonds is 7. The van der Waals surface area contributed by atoms with Gasteiger partial charge in [-0.05, 0) is 25.0 Å². The minimum atomic E-state index is -0.220. The van der Waals surface area contributed by atoms with Crippen molar-refractivity contribution in [2.45, 2.75) is 20.3 Å². The molecule has 0 aliphatic carbocycles. The number of benzene rings is 1. The van der Waals surface area contributed by atoms with Gasteiger partial charge in [0.2, 0.25) is 0 Å². The highest BCUT2D eigenvalue weighted by Crippen LogP contribution is 2.14. The molecule has 0 saturated heterocycles. The van der Waals surface area contributed by atoms with Gasteiger partial charge < -0.3 is 20.1 Å². The predicted molar refractivity (Wildman–Crippen MR) is 90.9 cm³/mol. The molecule has 1 heterocycles. The van der Waals surface area contributed by atoms with Crippen LogP contribution in [0, 0.1) is 6.92 Å². The molecule has 0 aliphatic heterocycles. The molecule has 2 aromatic rings. The van der Waals surface area contributed by atoms with Crippen LogP contribution in [-0.4, -0.2) is 37.1 Å². The summed E-state index contributed by atoms with van der Waals surface area (Å²) in [6, 6.07) is 9.34. The van der Waals surface area contributed by atoms with Gasteiger partial charge in [0, 0.05) is 11.8 Å². The number of nitrogens with one attached hydrogen (secondary N) is 3. The Hall–Kier alpha value is -2.67. The molecule has 128 valence electrons. The summed E-state index contributed by atoms with van der Waals surface area (Å²) in [6.07, 6.45) is 0.846. The van der Waals surface area contributed by atoms with Crippen molar-refractivity contribution in [3.8, 4) is 0 Å². The van der Waals surface area contributed by atoms with E-state index in [-0.39, 0.29) is 24.9 Å². The van der Waals surface area contributed by atoms with E-state index in [2.05, 4.69) is 15.8 Å². The number of carbonyl (C=O) groups excluding carboxylic acids is 2. The maximum atomic E-state index is 12.1. The number of amides is 2. The van der Waals surface area contributed by atoms with Crippen LogP contribution in [0.5, 0.6) is 0 Å². The summed E-state index contributed by atoms with van der Waals surface area (Å²) >= 11 is 0. The standard InChI is InChI=1S/C17H22N4O3/c1-4-13-7-5-6-8-14(13)18-16(22)10-21(3)11-17(23)19-15-9-12(2)24-20-15/h5-9H,4,10-11H2,1-3H3,(H,18,22)(H,19,20,23)/p+1. The average molecular weight is 331 g/mol. The smallest absolute Gasteiger partial charge is 0.280 e. The molecular formula is C17H23N4O3+. The largest absolute Gasteiger partial charge is 0.360 e. The molecule has 2 amide bonds. The van der Waals surface area contributed by atoms with E-state index in [9.17, 15) is 9.59 Å². The normalized spacial score (nSPS) is 11.8. The first-order valence-corrected chi connectivity index (χ1v) is 7.90. The van der Waals surface area contributed by atoms with Gasteiger partial charge in [0.1, 0.15) is 5.76 Å². The second kappa shape index (κ2) is 8.26. The lowest BCUT2D eigenvalue weighted by atomic mass is 10.1. The summed E-state index contributed by atoms with van der Waals surface area (Å²) in [7, 11) is 1.79. The highest BCUT2D eigenvalue weighted by molar-refractivity contribution is 5.93. The number of quaternary nitrogens is 1. The first-order chi connectivity index (χ1) is 11.5. The van der Waals surface area contributed by atoms with Crippen LogP contribution in [0.25, 0.3) is 0 Å². The summed E-state index contributed by atoms with van der Waals surface area (Å²) in [5.74, 6) is 0.660. The van der Waals surface area contributed by atoms with Crippen LogP contribution >= 0.6 is 0 Å². The highest BCUT2D eigenvalue weighted by atomic mass is 16.5. The van der Waals surface area contributed by atoms with Crippen LogP contribution in [-0.2, 0) is 16.0 Å². The molecule has 0 radical (unpaired) electrons. The zero-order valence-corrected chi connectivity index (χ0v) is 14.2. The Balaban J connectivity index is 1.81. The number of aromatic nitrogens is 1. The minimum absolute atomic E-state index is 0.126. The van der Waals surface area contributed by atoms with Gasteiger partial charge in [-0.25, -0.2) is 0 Å². The summed E-state index contributed by atoms with van der Waals surface area (Å²) < 4.78 is 4.89. The van der Waals surface area contributed by atoms with E-state index in [4.69, 9.17) is 4.52 Å². The lowest BCUT2D eigenvalue weighted by Gasteiger charge is -2.14. The molecule has 2 rings (SSSR count). The third-order valence-electron chi connectivity index (χ3n) is 3.49. The van der Waals surface area contributed by atoms with E-state index < -0.39 is 0 Å². The van der Waals surface area contributed by atoms with Gasteiger partial charge in [-0.2, -0.15) is 0 Å². The van der Waals surface area contributed by atoms with E-state index >= 15 is 0 Å². The quantitative estimate of drug-likeness (QED) is 0.695. The monoisotopic (exact) mass is 331 g/mol. The summed E-state index contributed by atoms with van der Waals surface area (Å²) in [6.45, 7) is 4.15. The molecule has 0 fully saturated rings. The second-order valence-corrected chi connectivity index (χ2v) is 5.74. The fraction of sp³-hybridized carbons (Fsp3) is 0.353. The summed E-state index contributed by atoms with van der Waals surface area (Å²) in [5, 5.41) is 9.24. The summed E-state index contributed by atoms with van der Waals surface area (Å²) in [5.41, 5.74) is 1.91. The number of likely N-dealkylation sites (N-methyl/N-ethyl adjacent to an activating group) is 1. The summed E-state index contributed by atoms with van der Waals surface area (Å²) in [4.78, 5) is 24.8. The van der Waals surface area contributed by atoms with Gasteiger partial charge in [-0.15, -0.1) is 0 Å². The zero-order valence-electron chi connectivity index (χ0n) is 14.2. The van der Waals surface area contributed by atoms with Crippen molar-refractivity contribution in [2.24, 2.45) is 0 Å². The first-order valence-electron chi connectivity index (χ1n) is 7.90. The average Bonchev–Trinajstić information content (AvgIpc) is 2.92. The lowest BCUT2D eigenvalue weighted by Crippen LogP contribution is -3.11. The fourth-order valence-corrected chi connectivity index (χ4v) is 2.37. The third kappa shape index (κ3) is 5.20. The molecule has 0 bridgehead atoms. The molecule has 0 aliphatic rings. The number of carbonyl (C=O) groups is 2. The molecule has 24 heavy (non-hydrogen) atoms. The Kier molecular flexibility index (Phi) is 6.08. The fourth-order valence-electron chi connectivity index (χ4n) is 2.37. The topological polar surface area (TPSA) is 88.7 Å². The number of anilines is 2. The first kappa shape index (κ1) is 17.7. The Bertz CT molecular complexity index is 711. The van der Waals surface area contributed by atoms with Gasteiger partial charge in [-0.3, -0.25) is 9.59 Å². The molecule has 1 unspecified atom stereocenters. The van der Waals surface area contributed by atoms with E-state index in [1.807, 2.05) is 31.2 Å². The molecule has 1 atom stereocenters. The van der Waals surface area contributed by atoms with Crippen molar-refractivity contribution in [3.63, 3.8) is 0 Å². The number of hydrogen-bond donors (Lipinski definition) is 3. The molecule has 1 aromatic carbocycles. The Labute approximate surface area is 141 Å². The van der Waals surface area contributed by atoms with Crippen molar-refractivity contribution in [1.82, 2.24) is 5.16 Å².